The maximum Gasteiger partial charge on any atom is 0.340 e. The number of carbonyl (C=O) groups excluding carboxylic acids is 2. The van der Waals surface area contributed by atoms with E-state index >= 15 is 0 Å². The highest BCUT2D eigenvalue weighted by atomic mass is 32.2. The molecule has 1 amide bonds. The predicted molar refractivity (Wildman–Crippen MR) is 106 cm³/mol. The fourth-order valence-electron chi connectivity index (χ4n) is 3.31. The minimum atomic E-state index is -3.45. The molecule has 1 aromatic rings. The number of carbonyl (C=O) groups is 2. The molecule has 152 valence electrons. The molecular formula is C20H21N3O5S. The second-order valence-corrected chi connectivity index (χ2v) is 8.97. The summed E-state index contributed by atoms with van der Waals surface area (Å²) < 4.78 is 31.9. The fraction of sp³-hybridized carbons (Fsp3) is 0.350. The molecule has 1 aliphatic carbocycles. The molecule has 8 nitrogen and oxygen atoms in total. The highest BCUT2D eigenvalue weighted by Gasteiger charge is 2.33. The molecule has 1 N–H and O–H groups in total. The van der Waals surface area contributed by atoms with E-state index in [0.717, 1.165) is 18.4 Å². The molecule has 29 heavy (non-hydrogen) atoms. The molecule has 4 rings (SSSR count). The average Bonchev–Trinajstić information content (AvgIpc) is 3.55. The van der Waals surface area contributed by atoms with Gasteiger partial charge in [-0.1, -0.05) is 30.3 Å². The molecule has 2 aliphatic heterocycles. The van der Waals surface area contributed by atoms with Crippen molar-refractivity contribution in [2.45, 2.75) is 18.9 Å². The van der Waals surface area contributed by atoms with Crippen LogP contribution in [0.15, 0.2) is 58.7 Å². The third-order valence-corrected chi connectivity index (χ3v) is 6.13. The van der Waals surface area contributed by atoms with E-state index < -0.39 is 16.0 Å². The first-order valence-electron chi connectivity index (χ1n) is 9.42. The summed E-state index contributed by atoms with van der Waals surface area (Å²) >= 11 is 0. The van der Waals surface area contributed by atoms with Crippen LogP contribution in [0, 0.1) is 5.92 Å². The van der Waals surface area contributed by atoms with Crippen LogP contribution >= 0.6 is 0 Å². The van der Waals surface area contributed by atoms with Crippen molar-refractivity contribution in [3.8, 4) is 0 Å². The molecule has 9 heteroatoms. The van der Waals surface area contributed by atoms with Gasteiger partial charge in [0, 0.05) is 12.7 Å². The summed E-state index contributed by atoms with van der Waals surface area (Å²) in [5.74, 6) is -0.444. The van der Waals surface area contributed by atoms with Gasteiger partial charge in [0.15, 0.2) is 6.61 Å². The average molecular weight is 415 g/mol. The van der Waals surface area contributed by atoms with Crippen molar-refractivity contribution in [2.24, 2.45) is 10.3 Å². The Labute approximate surface area is 169 Å². The zero-order valence-electron chi connectivity index (χ0n) is 15.7. The van der Waals surface area contributed by atoms with Crippen molar-refractivity contribution in [2.75, 3.05) is 18.9 Å². The Morgan fingerprint density at radius 2 is 1.97 bits per heavy atom. The topological polar surface area (TPSA) is 105 Å². The van der Waals surface area contributed by atoms with Crippen LogP contribution in [0.4, 0.5) is 0 Å². The molecule has 0 saturated heterocycles. The van der Waals surface area contributed by atoms with Gasteiger partial charge in [0.25, 0.3) is 15.9 Å². The second kappa shape index (κ2) is 7.82. The molecule has 0 bridgehead atoms. The number of ether oxygens (including phenoxy) is 1. The Balaban J connectivity index is 1.33. The molecule has 3 aliphatic rings. The van der Waals surface area contributed by atoms with Crippen molar-refractivity contribution in [1.82, 2.24) is 10.2 Å². The van der Waals surface area contributed by atoms with Crippen molar-refractivity contribution in [3.05, 3.63) is 59.8 Å². The Hall–Kier alpha value is -2.94. The van der Waals surface area contributed by atoms with Crippen LogP contribution in [0.3, 0.4) is 0 Å². The number of amides is 1. The van der Waals surface area contributed by atoms with Gasteiger partial charge in [-0.05, 0) is 36.5 Å². The lowest BCUT2D eigenvalue weighted by atomic mass is 10.0. The molecule has 0 aromatic heterocycles. The van der Waals surface area contributed by atoms with Crippen LogP contribution in [-0.4, -0.2) is 49.9 Å². The van der Waals surface area contributed by atoms with E-state index in [9.17, 15) is 18.0 Å². The van der Waals surface area contributed by atoms with E-state index in [2.05, 4.69) is 9.71 Å². The number of fused-ring (bicyclic) bond motifs is 1. The lowest BCUT2D eigenvalue weighted by Gasteiger charge is -2.26. The second-order valence-electron chi connectivity index (χ2n) is 7.22. The van der Waals surface area contributed by atoms with Crippen LogP contribution in [0.5, 0.6) is 0 Å². The molecule has 2 heterocycles. The number of nitrogens with zero attached hydrogens (tertiary/aromatic N) is 2. The summed E-state index contributed by atoms with van der Waals surface area (Å²) in [6.07, 6.45) is 6.50. The van der Waals surface area contributed by atoms with Gasteiger partial charge in [-0.25, -0.2) is 13.2 Å². The van der Waals surface area contributed by atoms with E-state index in [0.29, 0.717) is 5.92 Å². The molecule has 0 radical (unpaired) electrons. The summed E-state index contributed by atoms with van der Waals surface area (Å²) in [6.45, 7) is -0.168. The summed E-state index contributed by atoms with van der Waals surface area (Å²) in [7, 11) is -3.45. The van der Waals surface area contributed by atoms with Crippen molar-refractivity contribution in [1.29, 1.82) is 0 Å². The lowest BCUT2D eigenvalue weighted by Crippen LogP contribution is -2.37. The first-order valence-corrected chi connectivity index (χ1v) is 11.0. The number of benzene rings is 1. The van der Waals surface area contributed by atoms with Crippen LogP contribution in [0.1, 0.15) is 24.4 Å². The highest BCUT2D eigenvalue weighted by molar-refractivity contribution is 7.90. The van der Waals surface area contributed by atoms with Crippen LogP contribution in [0.25, 0.3) is 0 Å². The summed E-state index contributed by atoms with van der Waals surface area (Å²) in [4.78, 5) is 26.2. The molecular weight excluding hydrogens is 394 g/mol. The van der Waals surface area contributed by atoms with Gasteiger partial charge < -0.3 is 15.0 Å². The summed E-state index contributed by atoms with van der Waals surface area (Å²) in [5.41, 5.74) is 1.28. The first kappa shape index (κ1) is 19.4. The van der Waals surface area contributed by atoms with Gasteiger partial charge in [-0.2, -0.15) is 0 Å². The number of sulfonamides is 1. The normalized spacial score (nSPS) is 20.8. The van der Waals surface area contributed by atoms with E-state index in [-0.39, 0.29) is 42.3 Å². The van der Waals surface area contributed by atoms with Crippen LogP contribution < -0.4 is 5.32 Å². The standard InChI is InChI=1S/C20H21N3O5S/c24-18(21-19(15-6-7-15)14-4-2-1-3-5-14)13-28-20(25)16-8-9-17-22-29(26,27)11-10-23(17)12-16/h1-5,8-9,12,15,19H,6-7,10-11,13H2,(H,21,24). The zero-order valence-corrected chi connectivity index (χ0v) is 16.5. The van der Waals surface area contributed by atoms with Gasteiger partial charge in [-0.3, -0.25) is 4.79 Å². The molecule has 1 unspecified atom stereocenters. The zero-order chi connectivity index (χ0) is 20.4. The molecule has 1 fully saturated rings. The van der Waals surface area contributed by atoms with Crippen LogP contribution in [0.2, 0.25) is 0 Å². The van der Waals surface area contributed by atoms with Crippen molar-refractivity contribution < 1.29 is 22.7 Å². The monoisotopic (exact) mass is 415 g/mol. The number of esters is 1. The lowest BCUT2D eigenvalue weighted by molar-refractivity contribution is -0.144. The third-order valence-electron chi connectivity index (χ3n) is 4.96. The number of hydrogen-bond acceptors (Lipinski definition) is 6. The predicted octanol–water partition coefficient (Wildman–Crippen LogP) is 1.29. The third kappa shape index (κ3) is 4.73. The minimum Gasteiger partial charge on any atom is -0.452 e. The molecule has 0 spiro atoms. The SMILES string of the molecule is O=C(COC(=O)C1=CN2CCS(=O)(=O)N=C2C=C1)NC(c1ccccc1)C1CC1. The quantitative estimate of drug-likeness (QED) is 0.702. The Kier molecular flexibility index (Phi) is 5.23. The Morgan fingerprint density at radius 3 is 2.69 bits per heavy atom. The highest BCUT2D eigenvalue weighted by Crippen LogP contribution is 2.40. The smallest absolute Gasteiger partial charge is 0.340 e. The van der Waals surface area contributed by atoms with Crippen LogP contribution in [-0.2, 0) is 24.3 Å². The van der Waals surface area contributed by atoms with Gasteiger partial charge in [0.2, 0.25) is 0 Å². The van der Waals surface area contributed by atoms with E-state index in [4.69, 9.17) is 4.74 Å². The number of rotatable bonds is 6. The largest absolute Gasteiger partial charge is 0.452 e. The maximum absolute atomic E-state index is 12.3. The number of hydrogen-bond donors (Lipinski definition) is 1. The Bertz CT molecular complexity index is 1010. The maximum atomic E-state index is 12.3. The minimum absolute atomic E-state index is 0.0785. The van der Waals surface area contributed by atoms with Crippen molar-refractivity contribution in [3.63, 3.8) is 0 Å². The molecule has 1 aromatic carbocycles. The Morgan fingerprint density at radius 1 is 1.21 bits per heavy atom. The van der Waals surface area contributed by atoms with E-state index in [1.807, 2.05) is 30.3 Å². The number of nitrogens with one attached hydrogen (secondary N) is 1. The molecule has 1 atom stereocenters. The molecule has 1 saturated carbocycles. The van der Waals surface area contributed by atoms with Gasteiger partial charge in [-0.15, -0.1) is 4.40 Å². The van der Waals surface area contributed by atoms with Gasteiger partial charge in [0.05, 0.1) is 17.4 Å². The van der Waals surface area contributed by atoms with Gasteiger partial charge in [0.1, 0.15) is 5.84 Å². The van der Waals surface area contributed by atoms with E-state index in [1.165, 1.54) is 18.4 Å². The summed E-state index contributed by atoms with van der Waals surface area (Å²) in [5, 5.41) is 2.96. The number of amidine groups is 1. The van der Waals surface area contributed by atoms with E-state index in [1.54, 1.807) is 4.90 Å². The fourth-order valence-corrected chi connectivity index (χ4v) is 4.28. The first-order chi connectivity index (χ1) is 13.9. The van der Waals surface area contributed by atoms with Gasteiger partial charge >= 0.3 is 5.97 Å². The summed E-state index contributed by atoms with van der Waals surface area (Å²) in [6, 6.07) is 9.67. The van der Waals surface area contributed by atoms with Crippen molar-refractivity contribution >= 4 is 27.7 Å².